The zero-order valence-electron chi connectivity index (χ0n) is 14.0. The smallest absolute Gasteiger partial charge is 0.315 e. The highest BCUT2D eigenvalue weighted by Gasteiger charge is 2.23. The molecule has 1 saturated heterocycles. The molecule has 0 radical (unpaired) electrons. The number of rotatable bonds is 5. The summed E-state index contributed by atoms with van der Waals surface area (Å²) in [5, 5.41) is 6.30. The molecule has 1 aromatic carbocycles. The van der Waals surface area contributed by atoms with E-state index in [1.165, 1.54) is 0 Å². The fourth-order valence-electron chi connectivity index (χ4n) is 2.97. The molecule has 8 heteroatoms. The van der Waals surface area contributed by atoms with Gasteiger partial charge in [0.25, 0.3) is 0 Å². The highest BCUT2D eigenvalue weighted by atomic mass is 35.5. The van der Waals surface area contributed by atoms with Crippen molar-refractivity contribution in [2.45, 2.75) is 31.8 Å². The Balaban J connectivity index is 1.89. The minimum Gasteiger partial charge on any atom is -0.368 e. The molecule has 2 unspecified atom stereocenters. The number of sulfone groups is 1. The average Bonchev–Trinajstić information content (AvgIpc) is 2.45. The van der Waals surface area contributed by atoms with Gasteiger partial charge in [-0.15, -0.1) is 0 Å². The van der Waals surface area contributed by atoms with Crippen molar-refractivity contribution in [3.63, 3.8) is 0 Å². The lowest BCUT2D eigenvalue weighted by Gasteiger charge is -2.35. The number of hydrogen-bond donors (Lipinski definition) is 2. The van der Waals surface area contributed by atoms with Crippen molar-refractivity contribution in [3.8, 4) is 0 Å². The molecule has 24 heavy (non-hydrogen) atoms. The van der Waals surface area contributed by atoms with E-state index in [2.05, 4.69) is 15.5 Å². The van der Waals surface area contributed by atoms with Crippen molar-refractivity contribution < 1.29 is 13.2 Å². The second kappa shape index (κ2) is 8.07. The summed E-state index contributed by atoms with van der Waals surface area (Å²) in [6.07, 6.45) is 3.00. The number of benzene rings is 1. The van der Waals surface area contributed by atoms with Gasteiger partial charge in [-0.25, -0.2) is 13.2 Å². The first-order valence-electron chi connectivity index (χ1n) is 7.99. The lowest BCUT2D eigenvalue weighted by molar-refractivity contribution is 0.233. The van der Waals surface area contributed by atoms with Crippen LogP contribution in [0.1, 0.15) is 19.8 Å². The standard InChI is InChI=1S/C16H24ClN3O3S/c1-12(11-24(2,22)23)18-16(21)19-13-6-5-9-20(10-13)15-8-4-3-7-14(15)17/h3-4,7-8,12-13H,5-6,9-11H2,1-2H3,(H2,18,19,21). The summed E-state index contributed by atoms with van der Waals surface area (Å²) in [5.74, 6) is -0.0726. The van der Waals surface area contributed by atoms with Crippen molar-refractivity contribution in [1.29, 1.82) is 0 Å². The van der Waals surface area contributed by atoms with Gasteiger partial charge in [-0.1, -0.05) is 23.7 Å². The lowest BCUT2D eigenvalue weighted by atomic mass is 10.0. The first kappa shape index (κ1) is 18.9. The number of carbonyl (C=O) groups is 1. The maximum absolute atomic E-state index is 12.1. The molecule has 2 amide bonds. The predicted molar refractivity (Wildman–Crippen MR) is 97.5 cm³/mol. The molecule has 2 rings (SSSR count). The van der Waals surface area contributed by atoms with E-state index in [1.807, 2.05) is 24.3 Å². The van der Waals surface area contributed by atoms with E-state index in [-0.39, 0.29) is 17.8 Å². The number of piperidine rings is 1. The van der Waals surface area contributed by atoms with Crippen LogP contribution in [0.3, 0.4) is 0 Å². The Morgan fingerprint density at radius 3 is 2.79 bits per heavy atom. The molecule has 1 aliphatic heterocycles. The third kappa shape index (κ3) is 5.87. The van der Waals surface area contributed by atoms with E-state index in [0.717, 1.165) is 31.3 Å². The number of amides is 2. The summed E-state index contributed by atoms with van der Waals surface area (Å²) in [6.45, 7) is 3.25. The normalized spacial score (nSPS) is 19.6. The number of halogens is 1. The number of nitrogens with zero attached hydrogens (tertiary/aromatic N) is 1. The second-order valence-corrected chi connectivity index (χ2v) is 8.94. The number of hydrogen-bond acceptors (Lipinski definition) is 4. The van der Waals surface area contributed by atoms with Crippen LogP contribution in [0.5, 0.6) is 0 Å². The van der Waals surface area contributed by atoms with Gasteiger partial charge in [0.2, 0.25) is 0 Å². The van der Waals surface area contributed by atoms with Crippen LogP contribution in [0.25, 0.3) is 0 Å². The van der Waals surface area contributed by atoms with Crippen LogP contribution in [0, 0.1) is 0 Å². The average molecular weight is 374 g/mol. The molecule has 2 N–H and O–H groups in total. The fraction of sp³-hybridized carbons (Fsp3) is 0.562. The molecule has 1 fully saturated rings. The van der Waals surface area contributed by atoms with Crippen molar-refractivity contribution in [2.75, 3.05) is 30.0 Å². The van der Waals surface area contributed by atoms with Gasteiger partial charge in [-0.05, 0) is 31.9 Å². The Bertz CT molecular complexity index is 681. The molecule has 0 aromatic heterocycles. The summed E-state index contributed by atoms with van der Waals surface area (Å²) >= 11 is 6.24. The first-order valence-corrected chi connectivity index (χ1v) is 10.4. The van der Waals surface area contributed by atoms with Crippen LogP contribution < -0.4 is 15.5 Å². The lowest BCUT2D eigenvalue weighted by Crippen LogP contribution is -2.52. The third-order valence-electron chi connectivity index (χ3n) is 3.88. The molecule has 1 heterocycles. The Morgan fingerprint density at radius 2 is 2.12 bits per heavy atom. The summed E-state index contributed by atoms with van der Waals surface area (Å²) < 4.78 is 22.5. The zero-order chi connectivity index (χ0) is 17.7. The molecule has 6 nitrogen and oxygen atoms in total. The minimum atomic E-state index is -3.12. The van der Waals surface area contributed by atoms with E-state index >= 15 is 0 Å². The molecule has 2 atom stereocenters. The molecule has 0 aliphatic carbocycles. The molecule has 1 aliphatic rings. The molecule has 0 bridgehead atoms. The van der Waals surface area contributed by atoms with E-state index in [4.69, 9.17) is 11.6 Å². The van der Waals surface area contributed by atoms with Gasteiger partial charge in [-0.3, -0.25) is 0 Å². The Morgan fingerprint density at radius 1 is 1.42 bits per heavy atom. The number of anilines is 1. The zero-order valence-corrected chi connectivity index (χ0v) is 15.5. The maximum atomic E-state index is 12.1. The number of para-hydroxylation sites is 1. The van der Waals surface area contributed by atoms with Gasteiger partial charge >= 0.3 is 6.03 Å². The van der Waals surface area contributed by atoms with Gasteiger partial charge in [0.05, 0.1) is 16.5 Å². The number of urea groups is 1. The van der Waals surface area contributed by atoms with Crippen molar-refractivity contribution >= 4 is 33.2 Å². The number of nitrogens with one attached hydrogen (secondary N) is 2. The van der Waals surface area contributed by atoms with Crippen molar-refractivity contribution in [2.24, 2.45) is 0 Å². The van der Waals surface area contributed by atoms with Crippen molar-refractivity contribution in [1.82, 2.24) is 10.6 Å². The Hall–Kier alpha value is -1.47. The van der Waals surface area contributed by atoms with Gasteiger partial charge in [0.1, 0.15) is 9.84 Å². The Labute approximate surface area is 148 Å². The van der Waals surface area contributed by atoms with Crippen LogP contribution in [-0.4, -0.2) is 51.6 Å². The van der Waals surface area contributed by atoms with E-state index in [0.29, 0.717) is 11.6 Å². The number of carbonyl (C=O) groups excluding carboxylic acids is 1. The molecular formula is C16H24ClN3O3S. The van der Waals surface area contributed by atoms with Crippen LogP contribution >= 0.6 is 11.6 Å². The van der Waals surface area contributed by atoms with Gasteiger partial charge in [0, 0.05) is 31.4 Å². The van der Waals surface area contributed by atoms with E-state index < -0.39 is 15.9 Å². The van der Waals surface area contributed by atoms with Gasteiger partial charge in [0.15, 0.2) is 0 Å². The maximum Gasteiger partial charge on any atom is 0.315 e. The summed E-state index contributed by atoms with van der Waals surface area (Å²) in [5.41, 5.74) is 0.969. The van der Waals surface area contributed by atoms with E-state index in [1.54, 1.807) is 6.92 Å². The Kier molecular flexibility index (Phi) is 6.34. The van der Waals surface area contributed by atoms with Crippen LogP contribution in [-0.2, 0) is 9.84 Å². The third-order valence-corrected chi connectivity index (χ3v) is 5.31. The van der Waals surface area contributed by atoms with Crippen molar-refractivity contribution in [3.05, 3.63) is 29.3 Å². The van der Waals surface area contributed by atoms with Gasteiger partial charge < -0.3 is 15.5 Å². The quantitative estimate of drug-likeness (QED) is 0.827. The molecule has 0 saturated carbocycles. The van der Waals surface area contributed by atoms with Crippen LogP contribution in [0.15, 0.2) is 24.3 Å². The largest absolute Gasteiger partial charge is 0.368 e. The highest BCUT2D eigenvalue weighted by molar-refractivity contribution is 7.90. The molecule has 1 aromatic rings. The van der Waals surface area contributed by atoms with E-state index in [9.17, 15) is 13.2 Å². The fourth-order valence-corrected chi connectivity index (χ4v) is 4.22. The summed E-state index contributed by atoms with van der Waals surface area (Å²) in [4.78, 5) is 14.2. The second-order valence-electron chi connectivity index (χ2n) is 6.35. The monoisotopic (exact) mass is 373 g/mol. The van der Waals surface area contributed by atoms with Crippen LogP contribution in [0.2, 0.25) is 5.02 Å². The predicted octanol–water partition coefficient (Wildman–Crippen LogP) is 2.04. The SMILES string of the molecule is CC(CS(C)(=O)=O)NC(=O)NC1CCCN(c2ccccc2Cl)C1. The molecule has 134 valence electrons. The first-order chi connectivity index (χ1) is 11.2. The highest BCUT2D eigenvalue weighted by Crippen LogP contribution is 2.27. The minimum absolute atomic E-state index is 0.000423. The van der Waals surface area contributed by atoms with Gasteiger partial charge in [-0.2, -0.15) is 0 Å². The molecular weight excluding hydrogens is 350 g/mol. The summed E-state index contributed by atoms with van der Waals surface area (Å²) in [6, 6.07) is 6.90. The van der Waals surface area contributed by atoms with Crippen LogP contribution in [0.4, 0.5) is 10.5 Å². The summed E-state index contributed by atoms with van der Waals surface area (Å²) in [7, 11) is -3.12. The molecule has 0 spiro atoms. The topological polar surface area (TPSA) is 78.5 Å².